The molecule has 64 valence electrons. The largest absolute Gasteiger partial charge is 1.00 e. The van der Waals surface area contributed by atoms with Crippen molar-refractivity contribution in [1.82, 2.24) is 0 Å². The van der Waals surface area contributed by atoms with Crippen molar-refractivity contribution in [2.75, 3.05) is 0 Å². The third-order valence-corrected chi connectivity index (χ3v) is 1.10. The molecule has 0 radical (unpaired) electrons. The average molecular weight is 239 g/mol. The Balaban J connectivity index is 0.00000121. The number of hydrogen-bond acceptors (Lipinski definition) is 1. The lowest BCUT2D eigenvalue weighted by Gasteiger charge is -1.87. The van der Waals surface area contributed by atoms with E-state index < -0.39 is 23.1 Å². The number of nitrogens with zero attached hydrogens (tertiary/aromatic N) is 2. The molecule has 0 N–H and O–H groups in total. The summed E-state index contributed by atoms with van der Waals surface area (Å²) in [6.07, 6.45) is 0. The SMILES string of the molecule is N#[N+]c1cc(F)c(F)cc1F.[Br-]. The summed E-state index contributed by atoms with van der Waals surface area (Å²) in [4.78, 5) is 2.39. The highest BCUT2D eigenvalue weighted by atomic mass is 79.9. The van der Waals surface area contributed by atoms with Crippen LogP contribution in [0, 0.1) is 22.8 Å². The van der Waals surface area contributed by atoms with E-state index in [4.69, 9.17) is 5.39 Å². The first-order chi connectivity index (χ1) is 5.15. The van der Waals surface area contributed by atoms with Gasteiger partial charge in [-0.1, -0.05) is 0 Å². The molecule has 0 atom stereocenters. The maximum Gasteiger partial charge on any atom is 0.423 e. The van der Waals surface area contributed by atoms with Crippen LogP contribution in [0.1, 0.15) is 0 Å². The van der Waals surface area contributed by atoms with Gasteiger partial charge >= 0.3 is 5.69 Å². The molecular weight excluding hydrogens is 237 g/mol. The fraction of sp³-hybridized carbons (Fsp3) is 0. The minimum absolute atomic E-state index is 0. The monoisotopic (exact) mass is 238 g/mol. The van der Waals surface area contributed by atoms with Crippen LogP contribution in [0.4, 0.5) is 18.9 Å². The normalized spacial score (nSPS) is 8.50. The molecule has 2 nitrogen and oxygen atoms in total. The fourth-order valence-electron chi connectivity index (χ4n) is 0.589. The van der Waals surface area contributed by atoms with E-state index in [9.17, 15) is 13.2 Å². The Morgan fingerprint density at radius 3 is 2.00 bits per heavy atom. The smallest absolute Gasteiger partial charge is 0.423 e. The van der Waals surface area contributed by atoms with Crippen molar-refractivity contribution in [3.8, 4) is 0 Å². The van der Waals surface area contributed by atoms with Gasteiger partial charge in [-0.05, 0) is 0 Å². The first-order valence-corrected chi connectivity index (χ1v) is 2.65. The second-order valence-corrected chi connectivity index (χ2v) is 1.82. The summed E-state index contributed by atoms with van der Waals surface area (Å²) in [5.41, 5.74) is -0.621. The Hall–Kier alpha value is -1.09. The van der Waals surface area contributed by atoms with Gasteiger partial charge in [0, 0.05) is 6.07 Å². The van der Waals surface area contributed by atoms with Gasteiger partial charge in [-0.3, -0.25) is 0 Å². The molecule has 0 aliphatic rings. The Kier molecular flexibility index (Phi) is 3.70. The maximum absolute atomic E-state index is 12.4. The predicted molar refractivity (Wildman–Crippen MR) is 31.1 cm³/mol. The standard InChI is InChI=1S/C6H2F3N2.BrH/c7-3-1-5(9)6(11-10)2-4(3)8;/h1-2H;1H/q+1;/p-1. The average Bonchev–Trinajstić information content (AvgIpc) is 1.97. The summed E-state index contributed by atoms with van der Waals surface area (Å²) >= 11 is 0. The molecule has 0 saturated heterocycles. The van der Waals surface area contributed by atoms with Gasteiger partial charge in [0.1, 0.15) is 0 Å². The Morgan fingerprint density at radius 1 is 1.00 bits per heavy atom. The minimum atomic E-state index is -1.31. The summed E-state index contributed by atoms with van der Waals surface area (Å²) in [6.45, 7) is 0. The lowest BCUT2D eigenvalue weighted by atomic mass is 10.3. The zero-order valence-corrected chi connectivity index (χ0v) is 7.15. The lowest BCUT2D eigenvalue weighted by molar-refractivity contribution is -0.00000415. The van der Waals surface area contributed by atoms with Crippen LogP contribution in [0.15, 0.2) is 12.1 Å². The van der Waals surface area contributed by atoms with E-state index in [0.29, 0.717) is 12.1 Å². The van der Waals surface area contributed by atoms with Crippen molar-refractivity contribution < 1.29 is 30.2 Å². The summed E-state index contributed by atoms with van der Waals surface area (Å²) < 4.78 is 36.8. The third-order valence-electron chi connectivity index (χ3n) is 1.10. The third kappa shape index (κ3) is 1.95. The Bertz CT molecular complexity index is 334. The molecule has 0 aromatic heterocycles. The molecule has 0 amide bonds. The van der Waals surface area contributed by atoms with Crippen molar-refractivity contribution in [3.63, 3.8) is 0 Å². The van der Waals surface area contributed by atoms with Crippen molar-refractivity contribution in [1.29, 1.82) is 5.39 Å². The van der Waals surface area contributed by atoms with Crippen molar-refractivity contribution in [2.45, 2.75) is 0 Å². The molecule has 0 aliphatic carbocycles. The Labute approximate surface area is 76.4 Å². The zero-order valence-electron chi connectivity index (χ0n) is 5.56. The van der Waals surface area contributed by atoms with Crippen molar-refractivity contribution >= 4 is 5.69 Å². The van der Waals surface area contributed by atoms with Crippen LogP contribution in [0.5, 0.6) is 0 Å². The van der Waals surface area contributed by atoms with E-state index in [-0.39, 0.29) is 17.0 Å². The van der Waals surface area contributed by atoms with E-state index in [1.54, 1.807) is 0 Å². The number of rotatable bonds is 0. The fourth-order valence-corrected chi connectivity index (χ4v) is 0.589. The molecule has 1 aromatic carbocycles. The van der Waals surface area contributed by atoms with Gasteiger partial charge in [-0.15, -0.1) is 0 Å². The van der Waals surface area contributed by atoms with Crippen LogP contribution >= 0.6 is 0 Å². The molecule has 1 rings (SSSR count). The lowest BCUT2D eigenvalue weighted by Crippen LogP contribution is -3.00. The Morgan fingerprint density at radius 2 is 1.50 bits per heavy atom. The summed E-state index contributed by atoms with van der Waals surface area (Å²) in [7, 11) is 0. The molecule has 0 unspecified atom stereocenters. The molecule has 0 spiro atoms. The highest BCUT2D eigenvalue weighted by molar-refractivity contribution is 5.45. The van der Waals surface area contributed by atoms with Crippen LogP contribution in [-0.2, 0) is 0 Å². The van der Waals surface area contributed by atoms with E-state index in [2.05, 4.69) is 4.98 Å². The van der Waals surface area contributed by atoms with Gasteiger partial charge in [-0.2, -0.15) is 4.39 Å². The van der Waals surface area contributed by atoms with Crippen molar-refractivity contribution in [2.24, 2.45) is 0 Å². The van der Waals surface area contributed by atoms with Gasteiger partial charge < -0.3 is 17.0 Å². The van der Waals surface area contributed by atoms with Crippen molar-refractivity contribution in [3.05, 3.63) is 34.6 Å². The molecule has 6 heteroatoms. The predicted octanol–water partition coefficient (Wildman–Crippen LogP) is -0.408. The number of hydrogen-bond donors (Lipinski definition) is 0. The number of benzene rings is 1. The molecule has 0 bridgehead atoms. The second kappa shape index (κ2) is 4.07. The number of diazo groups is 1. The van der Waals surface area contributed by atoms with Gasteiger partial charge in [0.15, 0.2) is 16.6 Å². The molecule has 0 saturated carbocycles. The van der Waals surface area contributed by atoms with E-state index in [1.165, 1.54) is 0 Å². The molecular formula is C6H2BrF3N2. The van der Waals surface area contributed by atoms with Crippen LogP contribution < -0.4 is 17.0 Å². The van der Waals surface area contributed by atoms with E-state index in [0.717, 1.165) is 0 Å². The van der Waals surface area contributed by atoms with Crippen LogP contribution in [0.25, 0.3) is 4.98 Å². The number of halogens is 4. The summed E-state index contributed by atoms with van der Waals surface area (Å²) in [6, 6.07) is 0.773. The molecule has 12 heavy (non-hydrogen) atoms. The highest BCUT2D eigenvalue weighted by Crippen LogP contribution is 2.20. The zero-order chi connectivity index (χ0) is 8.43. The first kappa shape index (κ1) is 10.9. The topological polar surface area (TPSA) is 28.1 Å². The second-order valence-electron chi connectivity index (χ2n) is 1.82. The molecule has 0 aliphatic heterocycles. The van der Waals surface area contributed by atoms with Gasteiger partial charge in [-0.25, -0.2) is 8.78 Å². The molecule has 0 fully saturated rings. The van der Waals surface area contributed by atoms with Crippen LogP contribution in [0.3, 0.4) is 0 Å². The first-order valence-electron chi connectivity index (χ1n) is 2.65. The summed E-state index contributed by atoms with van der Waals surface area (Å²) in [5.74, 6) is -3.67. The highest BCUT2D eigenvalue weighted by Gasteiger charge is 2.18. The maximum atomic E-state index is 12.4. The molecule has 0 heterocycles. The summed E-state index contributed by atoms with van der Waals surface area (Å²) in [5, 5.41) is 8.03. The molecule has 1 aromatic rings. The van der Waals surface area contributed by atoms with Crippen LogP contribution in [0.2, 0.25) is 0 Å². The van der Waals surface area contributed by atoms with Gasteiger partial charge in [0.2, 0.25) is 11.2 Å². The van der Waals surface area contributed by atoms with E-state index >= 15 is 0 Å². The quantitative estimate of drug-likeness (QED) is 0.447. The van der Waals surface area contributed by atoms with Gasteiger partial charge in [0.05, 0.1) is 6.07 Å². The van der Waals surface area contributed by atoms with Gasteiger partial charge in [0.25, 0.3) is 0 Å². The van der Waals surface area contributed by atoms with E-state index in [1.807, 2.05) is 0 Å². The van der Waals surface area contributed by atoms with Crippen LogP contribution in [-0.4, -0.2) is 0 Å². The minimum Gasteiger partial charge on any atom is -1.00 e.